The third-order valence-electron chi connectivity index (χ3n) is 3.07. The fourth-order valence-electron chi connectivity index (χ4n) is 2.00. The predicted octanol–water partition coefficient (Wildman–Crippen LogP) is 0.224. The van der Waals surface area contributed by atoms with E-state index in [-0.39, 0.29) is 11.8 Å². The van der Waals surface area contributed by atoms with E-state index in [9.17, 15) is 9.59 Å². The number of hydrogen-bond donors (Lipinski definition) is 2. The first-order valence-corrected chi connectivity index (χ1v) is 5.47. The number of hydrazine groups is 1. The van der Waals surface area contributed by atoms with Gasteiger partial charge in [0.2, 0.25) is 5.91 Å². The first-order valence-electron chi connectivity index (χ1n) is 5.47. The highest BCUT2D eigenvalue weighted by Crippen LogP contribution is 2.38. The van der Waals surface area contributed by atoms with Gasteiger partial charge in [-0.3, -0.25) is 15.0 Å². The van der Waals surface area contributed by atoms with Crippen molar-refractivity contribution in [3.05, 3.63) is 0 Å². The SMILES string of the molecule is O=C(NN1CCCCC1)[C@H]1C[C@H]1C(=O)O. The second-order valence-electron chi connectivity index (χ2n) is 4.31. The van der Waals surface area contributed by atoms with Gasteiger partial charge in [-0.2, -0.15) is 0 Å². The highest BCUT2D eigenvalue weighted by Gasteiger charge is 2.48. The largest absolute Gasteiger partial charge is 0.481 e. The molecule has 0 unspecified atom stereocenters. The monoisotopic (exact) mass is 212 g/mol. The molecule has 5 heteroatoms. The Kier molecular flexibility index (Phi) is 2.90. The van der Waals surface area contributed by atoms with Gasteiger partial charge in [0.1, 0.15) is 0 Å². The lowest BCUT2D eigenvalue weighted by Crippen LogP contribution is -2.46. The lowest BCUT2D eigenvalue weighted by Gasteiger charge is -2.26. The van der Waals surface area contributed by atoms with Crippen molar-refractivity contribution in [3.8, 4) is 0 Å². The molecule has 1 saturated heterocycles. The highest BCUT2D eigenvalue weighted by molar-refractivity contribution is 5.89. The van der Waals surface area contributed by atoms with Crippen LogP contribution >= 0.6 is 0 Å². The molecule has 1 aliphatic carbocycles. The number of nitrogens with one attached hydrogen (secondary N) is 1. The van der Waals surface area contributed by atoms with Crippen molar-refractivity contribution in [1.29, 1.82) is 0 Å². The van der Waals surface area contributed by atoms with Crippen LogP contribution in [0.15, 0.2) is 0 Å². The minimum absolute atomic E-state index is 0.121. The van der Waals surface area contributed by atoms with Gasteiger partial charge in [-0.1, -0.05) is 6.42 Å². The molecule has 0 bridgehead atoms. The summed E-state index contributed by atoms with van der Waals surface area (Å²) in [6, 6.07) is 0. The maximum absolute atomic E-state index is 11.6. The van der Waals surface area contributed by atoms with Crippen LogP contribution in [-0.4, -0.2) is 35.1 Å². The summed E-state index contributed by atoms with van der Waals surface area (Å²) in [7, 11) is 0. The van der Waals surface area contributed by atoms with E-state index in [1.807, 2.05) is 5.01 Å². The zero-order valence-corrected chi connectivity index (χ0v) is 8.61. The van der Waals surface area contributed by atoms with E-state index in [4.69, 9.17) is 5.11 Å². The molecule has 2 fully saturated rings. The first kappa shape index (κ1) is 10.4. The fraction of sp³-hybridized carbons (Fsp3) is 0.800. The van der Waals surface area contributed by atoms with Gasteiger partial charge in [0.25, 0.3) is 0 Å². The molecule has 84 valence electrons. The molecule has 0 aromatic heterocycles. The van der Waals surface area contributed by atoms with E-state index in [1.165, 1.54) is 6.42 Å². The van der Waals surface area contributed by atoms with Crippen molar-refractivity contribution in [2.24, 2.45) is 11.8 Å². The van der Waals surface area contributed by atoms with Crippen LogP contribution in [0.4, 0.5) is 0 Å². The number of aliphatic carboxylic acids is 1. The Morgan fingerprint density at radius 1 is 1.13 bits per heavy atom. The van der Waals surface area contributed by atoms with E-state index in [2.05, 4.69) is 5.43 Å². The van der Waals surface area contributed by atoms with Crippen LogP contribution in [-0.2, 0) is 9.59 Å². The van der Waals surface area contributed by atoms with Crippen molar-refractivity contribution in [3.63, 3.8) is 0 Å². The van der Waals surface area contributed by atoms with Crippen molar-refractivity contribution >= 4 is 11.9 Å². The molecule has 1 amide bonds. The topological polar surface area (TPSA) is 69.6 Å². The molecule has 2 N–H and O–H groups in total. The lowest BCUT2D eigenvalue weighted by molar-refractivity contribution is -0.140. The van der Waals surface area contributed by atoms with E-state index >= 15 is 0 Å². The minimum atomic E-state index is -0.853. The van der Waals surface area contributed by atoms with Crippen molar-refractivity contribution in [2.75, 3.05) is 13.1 Å². The van der Waals surface area contributed by atoms with E-state index in [0.29, 0.717) is 6.42 Å². The molecule has 1 aliphatic heterocycles. The van der Waals surface area contributed by atoms with Gasteiger partial charge in [0, 0.05) is 13.1 Å². The standard InChI is InChI=1S/C10H16N2O3/c13-9(7-6-8(7)10(14)15)11-12-4-2-1-3-5-12/h7-8H,1-6H2,(H,11,13)(H,14,15)/t7-,8+/m0/s1. The van der Waals surface area contributed by atoms with Gasteiger partial charge in [0.15, 0.2) is 0 Å². The molecule has 0 radical (unpaired) electrons. The lowest BCUT2D eigenvalue weighted by atomic mass is 10.2. The number of rotatable bonds is 3. The Hall–Kier alpha value is -1.10. The van der Waals surface area contributed by atoms with Crippen LogP contribution < -0.4 is 5.43 Å². The third kappa shape index (κ3) is 2.47. The number of carboxylic acid groups (broad SMARTS) is 1. The van der Waals surface area contributed by atoms with Crippen LogP contribution in [0, 0.1) is 11.8 Å². The molecule has 2 aliphatic rings. The number of hydrogen-bond acceptors (Lipinski definition) is 3. The maximum atomic E-state index is 11.6. The normalized spacial score (nSPS) is 30.9. The summed E-state index contributed by atoms with van der Waals surface area (Å²) in [5.41, 5.74) is 2.80. The van der Waals surface area contributed by atoms with Crippen molar-refractivity contribution in [1.82, 2.24) is 10.4 Å². The van der Waals surface area contributed by atoms with E-state index in [0.717, 1.165) is 25.9 Å². The molecule has 15 heavy (non-hydrogen) atoms. The number of nitrogens with zero attached hydrogens (tertiary/aromatic N) is 1. The Labute approximate surface area is 88.4 Å². The molecule has 0 spiro atoms. The van der Waals surface area contributed by atoms with Gasteiger partial charge in [0.05, 0.1) is 11.8 Å². The zero-order valence-electron chi connectivity index (χ0n) is 8.61. The molecule has 2 rings (SSSR count). The van der Waals surface area contributed by atoms with Gasteiger partial charge in [-0.05, 0) is 19.3 Å². The van der Waals surface area contributed by atoms with Crippen molar-refractivity contribution < 1.29 is 14.7 Å². The first-order chi connectivity index (χ1) is 7.18. The van der Waals surface area contributed by atoms with Gasteiger partial charge < -0.3 is 5.11 Å². The van der Waals surface area contributed by atoms with Gasteiger partial charge >= 0.3 is 5.97 Å². The fourth-order valence-corrected chi connectivity index (χ4v) is 2.00. The van der Waals surface area contributed by atoms with Crippen LogP contribution in [0.25, 0.3) is 0 Å². The Balaban J connectivity index is 1.75. The number of amides is 1. The van der Waals surface area contributed by atoms with Crippen LogP contribution in [0.3, 0.4) is 0 Å². The molecular formula is C10H16N2O3. The van der Waals surface area contributed by atoms with Crippen LogP contribution in [0.2, 0.25) is 0 Å². The average molecular weight is 212 g/mol. The quantitative estimate of drug-likeness (QED) is 0.702. The van der Waals surface area contributed by atoms with E-state index < -0.39 is 11.9 Å². The van der Waals surface area contributed by atoms with Gasteiger partial charge in [-0.15, -0.1) is 0 Å². The second kappa shape index (κ2) is 4.18. The average Bonchev–Trinajstić information content (AvgIpc) is 2.98. The molecule has 0 aromatic carbocycles. The summed E-state index contributed by atoms with van der Waals surface area (Å²) in [6.07, 6.45) is 3.92. The van der Waals surface area contributed by atoms with Crippen molar-refractivity contribution in [2.45, 2.75) is 25.7 Å². The Bertz CT molecular complexity index is 274. The number of piperidine rings is 1. The third-order valence-corrected chi connectivity index (χ3v) is 3.07. The summed E-state index contributed by atoms with van der Waals surface area (Å²) in [5.74, 6) is -1.72. The molecule has 5 nitrogen and oxygen atoms in total. The number of carbonyl (C=O) groups excluding carboxylic acids is 1. The summed E-state index contributed by atoms with van der Waals surface area (Å²) in [6.45, 7) is 1.77. The van der Waals surface area contributed by atoms with E-state index in [1.54, 1.807) is 0 Å². The predicted molar refractivity (Wildman–Crippen MR) is 52.8 cm³/mol. The minimum Gasteiger partial charge on any atom is -0.481 e. The molecule has 1 heterocycles. The van der Waals surface area contributed by atoms with Crippen LogP contribution in [0.5, 0.6) is 0 Å². The smallest absolute Gasteiger partial charge is 0.307 e. The highest BCUT2D eigenvalue weighted by atomic mass is 16.4. The second-order valence-corrected chi connectivity index (χ2v) is 4.31. The summed E-state index contributed by atoms with van der Waals surface area (Å²) >= 11 is 0. The molecule has 2 atom stereocenters. The van der Waals surface area contributed by atoms with Gasteiger partial charge in [-0.25, -0.2) is 5.01 Å². The molecule has 0 aromatic rings. The Morgan fingerprint density at radius 3 is 2.33 bits per heavy atom. The number of carbonyl (C=O) groups is 2. The molecule has 1 saturated carbocycles. The van der Waals surface area contributed by atoms with Crippen LogP contribution in [0.1, 0.15) is 25.7 Å². The maximum Gasteiger partial charge on any atom is 0.307 e. The molecular weight excluding hydrogens is 196 g/mol. The summed E-state index contributed by atoms with van der Waals surface area (Å²) in [5, 5.41) is 10.6. The zero-order chi connectivity index (χ0) is 10.8. The summed E-state index contributed by atoms with van der Waals surface area (Å²) < 4.78 is 0. The number of carboxylic acids is 1. The Morgan fingerprint density at radius 2 is 1.80 bits per heavy atom. The summed E-state index contributed by atoms with van der Waals surface area (Å²) in [4.78, 5) is 22.1.